The molecule has 1 aliphatic heterocycles. The minimum absolute atomic E-state index is 0.267. The minimum Gasteiger partial charge on any atom is -0.445 e. The van der Waals surface area contributed by atoms with Crippen molar-refractivity contribution in [3.63, 3.8) is 0 Å². The molecular weight excluding hydrogens is 280 g/mol. The number of ketones is 1. The molecule has 1 saturated heterocycles. The first kappa shape index (κ1) is 15.0. The Balaban J connectivity index is 1.38. The number of amides is 1. The molecule has 1 heterocycles. The molecular formula is C17H22N2O3. The van der Waals surface area contributed by atoms with Gasteiger partial charge in [-0.25, -0.2) is 4.79 Å². The van der Waals surface area contributed by atoms with Crippen LogP contribution < -0.4 is 0 Å². The van der Waals surface area contributed by atoms with E-state index in [0.717, 1.165) is 31.5 Å². The monoisotopic (exact) mass is 302 g/mol. The van der Waals surface area contributed by atoms with E-state index in [9.17, 15) is 9.59 Å². The van der Waals surface area contributed by atoms with E-state index >= 15 is 0 Å². The highest BCUT2D eigenvalue weighted by Gasteiger charge is 2.31. The lowest BCUT2D eigenvalue weighted by Crippen LogP contribution is -2.50. The van der Waals surface area contributed by atoms with Gasteiger partial charge in [-0.3, -0.25) is 9.69 Å². The van der Waals surface area contributed by atoms with Gasteiger partial charge in [-0.1, -0.05) is 30.3 Å². The first-order chi connectivity index (χ1) is 10.7. The lowest BCUT2D eigenvalue weighted by atomic mass is 10.2. The number of hydrogen-bond donors (Lipinski definition) is 0. The molecule has 1 aromatic carbocycles. The fraction of sp³-hybridized carbons (Fsp3) is 0.529. The lowest BCUT2D eigenvalue weighted by Gasteiger charge is -2.33. The Kier molecular flexibility index (Phi) is 4.73. The van der Waals surface area contributed by atoms with Crippen LogP contribution in [0.5, 0.6) is 0 Å². The van der Waals surface area contributed by atoms with Crippen LogP contribution in [0, 0.1) is 5.92 Å². The average molecular weight is 302 g/mol. The number of ether oxygens (including phenoxy) is 1. The maximum Gasteiger partial charge on any atom is 0.410 e. The molecule has 0 aromatic heterocycles. The first-order valence-electron chi connectivity index (χ1n) is 7.93. The van der Waals surface area contributed by atoms with E-state index in [-0.39, 0.29) is 6.09 Å². The summed E-state index contributed by atoms with van der Waals surface area (Å²) in [7, 11) is 0. The number of carbonyl (C=O) groups is 2. The fourth-order valence-electron chi connectivity index (χ4n) is 2.65. The van der Waals surface area contributed by atoms with Gasteiger partial charge in [-0.2, -0.15) is 0 Å². The van der Waals surface area contributed by atoms with E-state index in [1.54, 1.807) is 4.90 Å². The van der Waals surface area contributed by atoms with E-state index < -0.39 is 0 Å². The number of nitrogens with zero attached hydrogens (tertiary/aromatic N) is 2. The number of carbonyl (C=O) groups excluding carboxylic acids is 2. The molecule has 0 radical (unpaired) electrons. The highest BCUT2D eigenvalue weighted by molar-refractivity contribution is 5.85. The highest BCUT2D eigenvalue weighted by atomic mass is 16.6. The van der Waals surface area contributed by atoms with Crippen LogP contribution in [0.25, 0.3) is 0 Å². The predicted molar refractivity (Wildman–Crippen MR) is 82.4 cm³/mol. The summed E-state index contributed by atoms with van der Waals surface area (Å²) in [4.78, 5) is 27.7. The quantitative estimate of drug-likeness (QED) is 0.834. The second kappa shape index (κ2) is 6.92. The number of Topliss-reactive ketones (excluding diaryl/α,β-unsaturated/α-hetero) is 1. The zero-order valence-corrected chi connectivity index (χ0v) is 12.7. The second-order valence-electron chi connectivity index (χ2n) is 6.04. The smallest absolute Gasteiger partial charge is 0.410 e. The summed E-state index contributed by atoms with van der Waals surface area (Å²) in [6.07, 6.45) is 1.85. The Hall–Kier alpha value is -1.88. The molecule has 1 aromatic rings. The number of benzene rings is 1. The lowest BCUT2D eigenvalue weighted by molar-refractivity contribution is -0.121. The number of hydrogen-bond acceptors (Lipinski definition) is 4. The van der Waals surface area contributed by atoms with Crippen molar-refractivity contribution in [3.05, 3.63) is 35.9 Å². The maximum absolute atomic E-state index is 12.0. The second-order valence-corrected chi connectivity index (χ2v) is 6.04. The minimum atomic E-state index is -0.267. The molecule has 0 atom stereocenters. The van der Waals surface area contributed by atoms with Crippen molar-refractivity contribution < 1.29 is 14.3 Å². The van der Waals surface area contributed by atoms with Gasteiger partial charge in [0.1, 0.15) is 12.4 Å². The van der Waals surface area contributed by atoms with Crippen LogP contribution in [-0.4, -0.2) is 54.4 Å². The summed E-state index contributed by atoms with van der Waals surface area (Å²) in [5, 5.41) is 0. The largest absolute Gasteiger partial charge is 0.445 e. The van der Waals surface area contributed by atoms with Gasteiger partial charge in [0.2, 0.25) is 0 Å². The van der Waals surface area contributed by atoms with Crippen molar-refractivity contribution in [2.24, 2.45) is 5.92 Å². The molecule has 0 bridgehead atoms. The van der Waals surface area contributed by atoms with Crippen LogP contribution in [0.2, 0.25) is 0 Å². The van der Waals surface area contributed by atoms with E-state index in [1.807, 2.05) is 30.3 Å². The van der Waals surface area contributed by atoms with Crippen LogP contribution >= 0.6 is 0 Å². The van der Waals surface area contributed by atoms with E-state index in [4.69, 9.17) is 4.74 Å². The van der Waals surface area contributed by atoms with Crippen LogP contribution in [0.15, 0.2) is 30.3 Å². The molecule has 118 valence electrons. The van der Waals surface area contributed by atoms with Gasteiger partial charge in [0.25, 0.3) is 0 Å². The van der Waals surface area contributed by atoms with Gasteiger partial charge >= 0.3 is 6.09 Å². The molecule has 1 amide bonds. The van der Waals surface area contributed by atoms with Crippen LogP contribution in [0.3, 0.4) is 0 Å². The Bertz CT molecular complexity index is 520. The number of rotatable bonds is 5. The van der Waals surface area contributed by atoms with E-state index in [1.165, 1.54) is 0 Å². The van der Waals surface area contributed by atoms with Gasteiger partial charge in [0.05, 0.1) is 6.54 Å². The van der Waals surface area contributed by atoms with Crippen LogP contribution in [0.1, 0.15) is 18.4 Å². The molecule has 0 unspecified atom stereocenters. The van der Waals surface area contributed by atoms with Crippen LogP contribution in [0.4, 0.5) is 4.79 Å². The molecule has 3 rings (SSSR count). The maximum atomic E-state index is 12.0. The zero-order valence-electron chi connectivity index (χ0n) is 12.7. The van der Waals surface area contributed by atoms with Crippen molar-refractivity contribution in [3.8, 4) is 0 Å². The first-order valence-corrected chi connectivity index (χ1v) is 7.93. The Morgan fingerprint density at radius 3 is 2.36 bits per heavy atom. The summed E-state index contributed by atoms with van der Waals surface area (Å²) in [6.45, 7) is 3.60. The Morgan fingerprint density at radius 1 is 1.05 bits per heavy atom. The predicted octanol–water partition coefficient (Wildman–Crippen LogP) is 1.92. The molecule has 1 aliphatic carbocycles. The van der Waals surface area contributed by atoms with Crippen molar-refractivity contribution in [1.29, 1.82) is 0 Å². The van der Waals surface area contributed by atoms with Gasteiger partial charge < -0.3 is 9.64 Å². The van der Waals surface area contributed by atoms with Crippen molar-refractivity contribution >= 4 is 11.9 Å². The van der Waals surface area contributed by atoms with Gasteiger partial charge in [-0.05, 0) is 18.4 Å². The van der Waals surface area contributed by atoms with Crippen molar-refractivity contribution in [2.75, 3.05) is 32.7 Å². The highest BCUT2D eigenvalue weighted by Crippen LogP contribution is 2.30. The standard InChI is InChI=1S/C17H22N2O3/c20-16(15-6-7-15)12-18-8-10-19(11-9-18)17(21)22-13-14-4-2-1-3-5-14/h1-5,15H,6-13H2. The third-order valence-corrected chi connectivity index (χ3v) is 4.25. The molecule has 0 N–H and O–H groups in total. The number of piperazine rings is 1. The normalized spacial score (nSPS) is 19.0. The SMILES string of the molecule is O=C(CN1CCN(C(=O)OCc2ccccc2)CC1)C1CC1. The zero-order chi connectivity index (χ0) is 15.4. The molecule has 5 heteroatoms. The molecule has 2 aliphatic rings. The molecule has 5 nitrogen and oxygen atoms in total. The van der Waals surface area contributed by atoms with Gasteiger partial charge in [0, 0.05) is 32.1 Å². The topological polar surface area (TPSA) is 49.9 Å². The third kappa shape index (κ3) is 4.07. The molecule has 0 spiro atoms. The summed E-state index contributed by atoms with van der Waals surface area (Å²) >= 11 is 0. The molecule has 22 heavy (non-hydrogen) atoms. The van der Waals surface area contributed by atoms with E-state index in [2.05, 4.69) is 4.90 Å². The van der Waals surface area contributed by atoms with Crippen molar-refractivity contribution in [1.82, 2.24) is 9.80 Å². The van der Waals surface area contributed by atoms with Gasteiger partial charge in [0.15, 0.2) is 0 Å². The third-order valence-electron chi connectivity index (χ3n) is 4.25. The molecule has 2 fully saturated rings. The molecule has 1 saturated carbocycles. The summed E-state index contributed by atoms with van der Waals surface area (Å²) in [6, 6.07) is 9.68. The van der Waals surface area contributed by atoms with Gasteiger partial charge in [-0.15, -0.1) is 0 Å². The Labute approximate surface area is 130 Å². The summed E-state index contributed by atoms with van der Waals surface area (Å²) in [5.74, 6) is 0.675. The van der Waals surface area contributed by atoms with Crippen molar-refractivity contribution in [2.45, 2.75) is 19.4 Å². The summed E-state index contributed by atoms with van der Waals surface area (Å²) in [5.41, 5.74) is 0.990. The summed E-state index contributed by atoms with van der Waals surface area (Å²) < 4.78 is 5.33. The fourth-order valence-corrected chi connectivity index (χ4v) is 2.65. The van der Waals surface area contributed by atoms with Crippen LogP contribution in [-0.2, 0) is 16.1 Å². The Morgan fingerprint density at radius 2 is 1.73 bits per heavy atom. The average Bonchev–Trinajstić information content (AvgIpc) is 3.39. The van der Waals surface area contributed by atoms with E-state index in [0.29, 0.717) is 37.9 Å².